The van der Waals surface area contributed by atoms with E-state index in [1.165, 1.54) is 0 Å². The number of hydrogen-bond donors (Lipinski definition) is 2. The second-order valence-electron chi connectivity index (χ2n) is 4.16. The monoisotopic (exact) mass is 248 g/mol. The van der Waals surface area contributed by atoms with Crippen molar-refractivity contribution in [1.82, 2.24) is 30.3 Å². The van der Waals surface area contributed by atoms with Gasteiger partial charge in [0.05, 0.1) is 0 Å². The van der Waals surface area contributed by atoms with Gasteiger partial charge in [0.25, 0.3) is 5.91 Å². The summed E-state index contributed by atoms with van der Waals surface area (Å²) in [7, 11) is 1.81. The number of aryl methyl sites for hydroxylation is 2. The molecule has 0 aliphatic rings. The molecule has 2 heterocycles. The van der Waals surface area contributed by atoms with Crippen molar-refractivity contribution < 1.29 is 4.79 Å². The first-order chi connectivity index (χ1) is 8.58. The second kappa shape index (κ2) is 4.99. The van der Waals surface area contributed by atoms with Crippen molar-refractivity contribution in [3.8, 4) is 0 Å². The minimum atomic E-state index is -0.173. The Balaban J connectivity index is 1.87. The highest BCUT2D eigenvalue weighted by molar-refractivity contribution is 5.93. The maximum Gasteiger partial charge on any atom is 0.272 e. The molecular weight excluding hydrogens is 232 g/mol. The third kappa shape index (κ3) is 2.55. The van der Waals surface area contributed by atoms with E-state index >= 15 is 0 Å². The molecule has 7 nitrogen and oxygen atoms in total. The van der Waals surface area contributed by atoms with Crippen molar-refractivity contribution in [1.29, 1.82) is 0 Å². The van der Waals surface area contributed by atoms with E-state index < -0.39 is 0 Å². The number of nitrogens with zero attached hydrogens (tertiary/aromatic N) is 4. The molecule has 0 unspecified atom stereocenters. The Hall–Kier alpha value is -2.18. The molecule has 0 spiro atoms. The number of hydrogen-bond acceptors (Lipinski definition) is 4. The van der Waals surface area contributed by atoms with Gasteiger partial charge in [0.1, 0.15) is 6.33 Å². The molecule has 0 fully saturated rings. The smallest absolute Gasteiger partial charge is 0.272 e. The molecule has 0 aromatic carbocycles. The quantitative estimate of drug-likeness (QED) is 0.804. The summed E-state index contributed by atoms with van der Waals surface area (Å²) in [6.45, 7) is 4.25. The molecule has 2 rings (SSSR count). The minimum Gasteiger partial charge on any atom is -0.350 e. The van der Waals surface area contributed by atoms with Crippen LogP contribution < -0.4 is 5.32 Å². The van der Waals surface area contributed by atoms with Crippen molar-refractivity contribution in [2.24, 2.45) is 7.05 Å². The molecule has 0 radical (unpaired) electrons. The van der Waals surface area contributed by atoms with Gasteiger partial charge in [-0.05, 0) is 13.8 Å². The average molecular weight is 248 g/mol. The van der Waals surface area contributed by atoms with E-state index in [2.05, 4.69) is 25.6 Å². The van der Waals surface area contributed by atoms with Crippen molar-refractivity contribution in [2.45, 2.75) is 20.3 Å². The van der Waals surface area contributed by atoms with E-state index in [4.69, 9.17) is 0 Å². The summed E-state index contributed by atoms with van der Waals surface area (Å²) in [6.07, 6.45) is 2.24. The fourth-order valence-corrected chi connectivity index (χ4v) is 1.58. The Kier molecular flexibility index (Phi) is 3.40. The van der Waals surface area contributed by atoms with Crippen LogP contribution in [0.25, 0.3) is 0 Å². The Morgan fingerprint density at radius 2 is 2.28 bits per heavy atom. The lowest BCUT2D eigenvalue weighted by atomic mass is 10.2. The molecule has 2 N–H and O–H groups in total. The van der Waals surface area contributed by atoms with Gasteiger partial charge in [-0.3, -0.25) is 14.6 Å². The summed E-state index contributed by atoms with van der Waals surface area (Å²) in [5.41, 5.74) is 2.23. The van der Waals surface area contributed by atoms with E-state index in [1.807, 2.05) is 20.9 Å². The molecule has 0 aliphatic carbocycles. The first-order valence-corrected chi connectivity index (χ1v) is 5.72. The largest absolute Gasteiger partial charge is 0.350 e. The Bertz CT molecular complexity index is 556. The van der Waals surface area contributed by atoms with Crippen LogP contribution in [0.2, 0.25) is 0 Å². The van der Waals surface area contributed by atoms with E-state index in [9.17, 15) is 4.79 Å². The number of aromatic amines is 1. The van der Waals surface area contributed by atoms with Gasteiger partial charge in [-0.25, -0.2) is 4.98 Å². The highest BCUT2D eigenvalue weighted by Gasteiger charge is 2.13. The third-order valence-corrected chi connectivity index (χ3v) is 2.75. The van der Waals surface area contributed by atoms with Crippen LogP contribution >= 0.6 is 0 Å². The maximum absolute atomic E-state index is 11.8. The van der Waals surface area contributed by atoms with Crippen LogP contribution in [0.3, 0.4) is 0 Å². The minimum absolute atomic E-state index is 0.173. The second-order valence-corrected chi connectivity index (χ2v) is 4.16. The maximum atomic E-state index is 11.8. The van der Waals surface area contributed by atoms with Crippen LogP contribution in [0.15, 0.2) is 6.33 Å². The molecule has 1 amide bonds. The zero-order valence-electron chi connectivity index (χ0n) is 10.7. The lowest BCUT2D eigenvalue weighted by molar-refractivity contribution is 0.0948. The molecular formula is C11H16N6O. The Labute approximate surface area is 105 Å². The molecule has 0 saturated carbocycles. The van der Waals surface area contributed by atoms with E-state index in [-0.39, 0.29) is 5.91 Å². The van der Waals surface area contributed by atoms with Gasteiger partial charge >= 0.3 is 0 Å². The summed E-state index contributed by atoms with van der Waals surface area (Å²) in [4.78, 5) is 15.9. The van der Waals surface area contributed by atoms with Gasteiger partial charge in [0, 0.05) is 31.3 Å². The number of amides is 1. The molecule has 2 aromatic heterocycles. The summed E-state index contributed by atoms with van der Waals surface area (Å²) in [5.74, 6) is 0.542. The van der Waals surface area contributed by atoms with Gasteiger partial charge in [-0.15, -0.1) is 0 Å². The predicted molar refractivity (Wildman–Crippen MR) is 65.1 cm³/mol. The molecule has 18 heavy (non-hydrogen) atoms. The first kappa shape index (κ1) is 12.3. The van der Waals surface area contributed by atoms with E-state index in [0.29, 0.717) is 24.5 Å². The van der Waals surface area contributed by atoms with Gasteiger partial charge < -0.3 is 5.32 Å². The molecule has 7 heteroatoms. The zero-order valence-corrected chi connectivity index (χ0v) is 10.7. The molecule has 0 bridgehead atoms. The number of carbonyl (C=O) groups is 1. The van der Waals surface area contributed by atoms with Gasteiger partial charge in [0.2, 0.25) is 0 Å². The van der Waals surface area contributed by atoms with Crippen LogP contribution in [-0.2, 0) is 13.5 Å². The number of nitrogens with one attached hydrogen (secondary N) is 2. The topological polar surface area (TPSA) is 88.5 Å². The van der Waals surface area contributed by atoms with Gasteiger partial charge in [0.15, 0.2) is 11.5 Å². The Morgan fingerprint density at radius 3 is 2.83 bits per heavy atom. The van der Waals surface area contributed by atoms with Crippen LogP contribution in [0.1, 0.15) is 27.6 Å². The fraction of sp³-hybridized carbons (Fsp3) is 0.455. The molecule has 0 aliphatic heterocycles. The number of H-pyrrole nitrogens is 1. The SMILES string of the molecule is Cc1[nH]nc(C(=O)NCCc2ncn(C)n2)c1C. The van der Waals surface area contributed by atoms with E-state index in [1.54, 1.807) is 11.0 Å². The van der Waals surface area contributed by atoms with Gasteiger partial charge in [-0.1, -0.05) is 0 Å². The Morgan fingerprint density at radius 1 is 1.50 bits per heavy atom. The van der Waals surface area contributed by atoms with Crippen LogP contribution in [0.5, 0.6) is 0 Å². The fourth-order valence-electron chi connectivity index (χ4n) is 1.58. The van der Waals surface area contributed by atoms with Crippen molar-refractivity contribution in [2.75, 3.05) is 6.54 Å². The zero-order chi connectivity index (χ0) is 13.1. The van der Waals surface area contributed by atoms with Crippen molar-refractivity contribution in [3.63, 3.8) is 0 Å². The first-order valence-electron chi connectivity index (χ1n) is 5.72. The van der Waals surface area contributed by atoms with Crippen LogP contribution in [0.4, 0.5) is 0 Å². The summed E-state index contributed by atoms with van der Waals surface area (Å²) >= 11 is 0. The molecule has 0 atom stereocenters. The standard InChI is InChI=1S/C11H16N6O/c1-7-8(2)14-15-10(7)11(18)12-5-4-9-13-6-17(3)16-9/h6H,4-5H2,1-3H3,(H,12,18)(H,14,15). The van der Waals surface area contributed by atoms with Crippen molar-refractivity contribution >= 4 is 5.91 Å². The van der Waals surface area contributed by atoms with Gasteiger partial charge in [-0.2, -0.15) is 10.2 Å². The molecule has 96 valence electrons. The average Bonchev–Trinajstić information content (AvgIpc) is 2.87. The number of aromatic nitrogens is 5. The number of rotatable bonds is 4. The highest BCUT2D eigenvalue weighted by Crippen LogP contribution is 2.07. The predicted octanol–water partition coefficient (Wildman–Crippen LogP) is 0.128. The summed E-state index contributed by atoms with van der Waals surface area (Å²) in [6, 6.07) is 0. The van der Waals surface area contributed by atoms with Crippen LogP contribution in [-0.4, -0.2) is 37.4 Å². The number of carbonyl (C=O) groups excluding carboxylic acids is 1. The van der Waals surface area contributed by atoms with Crippen molar-refractivity contribution in [3.05, 3.63) is 29.1 Å². The highest BCUT2D eigenvalue weighted by atomic mass is 16.1. The lowest BCUT2D eigenvalue weighted by Crippen LogP contribution is -2.27. The molecule has 2 aromatic rings. The van der Waals surface area contributed by atoms with Crippen LogP contribution in [0, 0.1) is 13.8 Å². The normalized spacial score (nSPS) is 10.6. The summed E-state index contributed by atoms with van der Waals surface area (Å²) < 4.78 is 1.64. The third-order valence-electron chi connectivity index (χ3n) is 2.75. The lowest BCUT2D eigenvalue weighted by Gasteiger charge is -2.01. The summed E-state index contributed by atoms with van der Waals surface area (Å²) in [5, 5.41) is 13.7. The van der Waals surface area contributed by atoms with E-state index in [0.717, 1.165) is 11.3 Å². The molecule has 0 saturated heterocycles.